The number of halogens is 2. The van der Waals surface area contributed by atoms with E-state index >= 15 is 0 Å². The lowest BCUT2D eigenvalue weighted by molar-refractivity contribution is -0.167. The summed E-state index contributed by atoms with van der Waals surface area (Å²) in [5.41, 5.74) is 3.94. The maximum Gasteiger partial charge on any atom is 0.317 e. The SMILES string of the molecule is CC(C)(C)OC(=O)C1(c2cccc(F)c2F)CC(N)C1. The van der Waals surface area contributed by atoms with Crippen molar-refractivity contribution in [3.8, 4) is 0 Å². The molecule has 0 aliphatic heterocycles. The smallest absolute Gasteiger partial charge is 0.317 e. The molecule has 0 amide bonds. The molecule has 2 N–H and O–H groups in total. The van der Waals surface area contributed by atoms with Gasteiger partial charge in [-0.15, -0.1) is 0 Å². The molecule has 5 heteroatoms. The molecule has 0 unspecified atom stereocenters. The van der Waals surface area contributed by atoms with Crippen LogP contribution in [0.25, 0.3) is 0 Å². The third-order valence-corrected chi connectivity index (χ3v) is 3.48. The molecule has 110 valence electrons. The average Bonchev–Trinajstić information content (AvgIpc) is 2.26. The molecular formula is C15H19F2NO2. The topological polar surface area (TPSA) is 52.3 Å². The summed E-state index contributed by atoms with van der Waals surface area (Å²) in [7, 11) is 0. The summed E-state index contributed by atoms with van der Waals surface area (Å²) >= 11 is 0. The second kappa shape index (κ2) is 4.81. The van der Waals surface area contributed by atoms with Crippen LogP contribution in [0.2, 0.25) is 0 Å². The van der Waals surface area contributed by atoms with Crippen LogP contribution in [-0.4, -0.2) is 17.6 Å². The van der Waals surface area contributed by atoms with Gasteiger partial charge >= 0.3 is 5.97 Å². The van der Waals surface area contributed by atoms with Crippen molar-refractivity contribution in [3.05, 3.63) is 35.4 Å². The van der Waals surface area contributed by atoms with Gasteiger partial charge in [0.1, 0.15) is 5.60 Å². The standard InChI is InChI=1S/C15H19F2NO2/c1-14(2,3)20-13(19)15(7-9(18)8-15)10-5-4-6-11(16)12(10)17/h4-6,9H,7-8,18H2,1-3H3. The number of carbonyl (C=O) groups excluding carboxylic acids is 1. The first-order valence-corrected chi connectivity index (χ1v) is 6.59. The van der Waals surface area contributed by atoms with Gasteiger partial charge in [0, 0.05) is 11.6 Å². The fraction of sp³-hybridized carbons (Fsp3) is 0.533. The predicted molar refractivity (Wildman–Crippen MR) is 71.1 cm³/mol. The van der Waals surface area contributed by atoms with Gasteiger partial charge in [0.15, 0.2) is 11.6 Å². The van der Waals surface area contributed by atoms with E-state index in [1.807, 2.05) is 0 Å². The molecule has 1 aromatic carbocycles. The summed E-state index contributed by atoms with van der Waals surface area (Å²) in [6, 6.07) is 3.64. The normalized spacial score (nSPS) is 26.0. The van der Waals surface area contributed by atoms with Crippen LogP contribution in [0.3, 0.4) is 0 Å². The Hall–Kier alpha value is -1.49. The molecule has 1 aromatic rings. The highest BCUT2D eigenvalue weighted by atomic mass is 19.2. The van der Waals surface area contributed by atoms with Gasteiger partial charge in [-0.25, -0.2) is 8.78 Å². The zero-order chi connectivity index (χ0) is 15.1. The third kappa shape index (κ3) is 2.54. The van der Waals surface area contributed by atoms with E-state index < -0.39 is 28.6 Å². The largest absolute Gasteiger partial charge is 0.459 e. The molecule has 1 aliphatic rings. The first kappa shape index (κ1) is 14.9. The van der Waals surface area contributed by atoms with E-state index in [1.54, 1.807) is 20.8 Å². The molecule has 1 aliphatic carbocycles. The first-order valence-electron chi connectivity index (χ1n) is 6.59. The molecular weight excluding hydrogens is 264 g/mol. The average molecular weight is 283 g/mol. The minimum atomic E-state index is -1.17. The predicted octanol–water partition coefficient (Wildman–Crippen LogP) is 2.67. The number of rotatable bonds is 2. The van der Waals surface area contributed by atoms with E-state index in [1.165, 1.54) is 12.1 Å². The zero-order valence-electron chi connectivity index (χ0n) is 11.9. The summed E-state index contributed by atoms with van der Waals surface area (Å²) in [6.45, 7) is 5.21. The van der Waals surface area contributed by atoms with Crippen molar-refractivity contribution in [2.45, 2.75) is 50.7 Å². The number of benzene rings is 1. The number of nitrogens with two attached hydrogens (primary N) is 1. The highest BCUT2D eigenvalue weighted by Gasteiger charge is 2.53. The fourth-order valence-corrected chi connectivity index (χ4v) is 2.58. The number of esters is 1. The summed E-state index contributed by atoms with van der Waals surface area (Å²) < 4.78 is 32.8. The Bertz CT molecular complexity index is 531. The first-order chi connectivity index (χ1) is 9.16. The molecule has 0 heterocycles. The van der Waals surface area contributed by atoms with Crippen LogP contribution in [0.1, 0.15) is 39.2 Å². The second-order valence-electron chi connectivity index (χ2n) is 6.35. The molecule has 0 bridgehead atoms. The maximum absolute atomic E-state index is 14.0. The van der Waals surface area contributed by atoms with Gasteiger partial charge in [0.05, 0.1) is 5.41 Å². The number of hydrogen-bond acceptors (Lipinski definition) is 3. The van der Waals surface area contributed by atoms with Crippen molar-refractivity contribution in [2.75, 3.05) is 0 Å². The number of ether oxygens (including phenoxy) is 1. The lowest BCUT2D eigenvalue weighted by Gasteiger charge is -2.45. The lowest BCUT2D eigenvalue weighted by Crippen LogP contribution is -2.56. The van der Waals surface area contributed by atoms with Crippen LogP contribution in [0.4, 0.5) is 8.78 Å². The Labute approximate surface area is 117 Å². The number of carbonyl (C=O) groups is 1. The summed E-state index contributed by atoms with van der Waals surface area (Å²) in [6.07, 6.45) is 0.532. The van der Waals surface area contributed by atoms with Gasteiger partial charge in [-0.2, -0.15) is 0 Å². The Morgan fingerprint density at radius 2 is 1.95 bits per heavy atom. The maximum atomic E-state index is 14.0. The van der Waals surface area contributed by atoms with Crippen LogP contribution >= 0.6 is 0 Å². The molecule has 3 nitrogen and oxygen atoms in total. The number of hydrogen-bond donors (Lipinski definition) is 1. The van der Waals surface area contributed by atoms with Gasteiger partial charge < -0.3 is 10.5 Å². The molecule has 20 heavy (non-hydrogen) atoms. The van der Waals surface area contributed by atoms with Gasteiger partial charge in [0.2, 0.25) is 0 Å². The van der Waals surface area contributed by atoms with Crippen LogP contribution in [0.5, 0.6) is 0 Å². The van der Waals surface area contributed by atoms with E-state index in [2.05, 4.69) is 0 Å². The zero-order valence-corrected chi connectivity index (χ0v) is 11.9. The van der Waals surface area contributed by atoms with E-state index in [-0.39, 0.29) is 24.4 Å². The third-order valence-electron chi connectivity index (χ3n) is 3.48. The highest BCUT2D eigenvalue weighted by molar-refractivity contribution is 5.85. The molecule has 0 saturated heterocycles. The Morgan fingerprint density at radius 1 is 1.35 bits per heavy atom. The molecule has 0 radical (unpaired) electrons. The van der Waals surface area contributed by atoms with Crippen LogP contribution in [-0.2, 0) is 14.9 Å². The van der Waals surface area contributed by atoms with Gasteiger partial charge in [-0.1, -0.05) is 12.1 Å². The molecule has 0 atom stereocenters. The van der Waals surface area contributed by atoms with E-state index in [9.17, 15) is 13.6 Å². The molecule has 0 aromatic heterocycles. The summed E-state index contributed by atoms with van der Waals surface area (Å²) in [5, 5.41) is 0. The fourth-order valence-electron chi connectivity index (χ4n) is 2.58. The van der Waals surface area contributed by atoms with Crippen LogP contribution in [0, 0.1) is 11.6 Å². The van der Waals surface area contributed by atoms with Gasteiger partial charge in [0.25, 0.3) is 0 Å². The van der Waals surface area contributed by atoms with Crippen molar-refractivity contribution in [1.82, 2.24) is 0 Å². The summed E-state index contributed by atoms with van der Waals surface area (Å²) in [5.74, 6) is -2.51. The van der Waals surface area contributed by atoms with Crippen molar-refractivity contribution in [2.24, 2.45) is 5.73 Å². The summed E-state index contributed by atoms with van der Waals surface area (Å²) in [4.78, 5) is 12.4. The van der Waals surface area contributed by atoms with E-state index in [0.29, 0.717) is 0 Å². The monoisotopic (exact) mass is 283 g/mol. The van der Waals surface area contributed by atoms with Crippen molar-refractivity contribution in [1.29, 1.82) is 0 Å². The second-order valence-corrected chi connectivity index (χ2v) is 6.35. The molecule has 2 rings (SSSR count). The van der Waals surface area contributed by atoms with Gasteiger partial charge in [-0.05, 0) is 39.7 Å². The van der Waals surface area contributed by atoms with Gasteiger partial charge in [-0.3, -0.25) is 4.79 Å². The van der Waals surface area contributed by atoms with Crippen molar-refractivity contribution < 1.29 is 18.3 Å². The Kier molecular flexibility index (Phi) is 3.58. The lowest BCUT2D eigenvalue weighted by atomic mass is 9.61. The van der Waals surface area contributed by atoms with E-state index in [4.69, 9.17) is 10.5 Å². The van der Waals surface area contributed by atoms with Crippen LogP contribution < -0.4 is 5.73 Å². The molecule has 0 spiro atoms. The minimum Gasteiger partial charge on any atom is -0.459 e. The Balaban J connectivity index is 2.41. The Morgan fingerprint density at radius 3 is 2.45 bits per heavy atom. The molecule has 1 fully saturated rings. The quantitative estimate of drug-likeness (QED) is 0.849. The van der Waals surface area contributed by atoms with Crippen molar-refractivity contribution >= 4 is 5.97 Å². The highest BCUT2D eigenvalue weighted by Crippen LogP contribution is 2.46. The van der Waals surface area contributed by atoms with Crippen molar-refractivity contribution in [3.63, 3.8) is 0 Å². The minimum absolute atomic E-state index is 0.0356. The molecule has 1 saturated carbocycles. The van der Waals surface area contributed by atoms with Crippen LogP contribution in [0.15, 0.2) is 18.2 Å². The van der Waals surface area contributed by atoms with E-state index in [0.717, 1.165) is 6.07 Å².